The van der Waals surface area contributed by atoms with E-state index in [0.717, 1.165) is 0 Å². The summed E-state index contributed by atoms with van der Waals surface area (Å²) in [5.41, 5.74) is 6.24. The highest BCUT2D eigenvalue weighted by Gasteiger charge is 2.25. The van der Waals surface area contributed by atoms with Gasteiger partial charge in [-0.1, -0.05) is 29.8 Å². The summed E-state index contributed by atoms with van der Waals surface area (Å²) in [5.74, 6) is 0.544. The van der Waals surface area contributed by atoms with Gasteiger partial charge in [-0.25, -0.2) is 9.37 Å². The molecule has 6 nitrogen and oxygen atoms in total. The van der Waals surface area contributed by atoms with E-state index in [2.05, 4.69) is 15.3 Å². The fraction of sp³-hybridized carbons (Fsp3) is 0.389. The molecule has 0 radical (unpaired) electrons. The number of benzene rings is 1. The van der Waals surface area contributed by atoms with Crippen molar-refractivity contribution < 1.29 is 9.18 Å². The topological polar surface area (TPSA) is 84.1 Å². The van der Waals surface area contributed by atoms with E-state index in [1.54, 1.807) is 24.3 Å². The second-order valence-electron chi connectivity index (χ2n) is 6.30. The molecule has 138 valence electrons. The maximum Gasteiger partial charge on any atom is 0.223 e. The summed E-state index contributed by atoms with van der Waals surface area (Å²) < 4.78 is 13.6. The van der Waals surface area contributed by atoms with Crippen LogP contribution in [0.25, 0.3) is 0 Å². The van der Waals surface area contributed by atoms with Gasteiger partial charge in [0.15, 0.2) is 0 Å². The van der Waals surface area contributed by atoms with Crippen molar-refractivity contribution in [3.05, 3.63) is 46.9 Å². The summed E-state index contributed by atoms with van der Waals surface area (Å²) in [6.07, 6.45) is 1.91. The first-order valence-corrected chi connectivity index (χ1v) is 8.97. The average molecular weight is 378 g/mol. The fourth-order valence-corrected chi connectivity index (χ4v) is 3.31. The van der Waals surface area contributed by atoms with Crippen molar-refractivity contribution in [1.29, 1.82) is 0 Å². The molecule has 1 aliphatic rings. The molecule has 1 aromatic carbocycles. The van der Waals surface area contributed by atoms with Gasteiger partial charge < -0.3 is 16.0 Å². The summed E-state index contributed by atoms with van der Waals surface area (Å²) in [7, 11) is 0. The Kier molecular flexibility index (Phi) is 5.88. The van der Waals surface area contributed by atoms with Crippen LogP contribution in [-0.2, 0) is 11.2 Å². The van der Waals surface area contributed by atoms with Crippen molar-refractivity contribution in [3.8, 4) is 0 Å². The molecule has 3 rings (SSSR count). The number of nitrogens with two attached hydrogens (primary N) is 1. The van der Waals surface area contributed by atoms with Crippen LogP contribution in [0.3, 0.4) is 0 Å². The minimum Gasteiger partial charge on any atom is -0.368 e. The summed E-state index contributed by atoms with van der Waals surface area (Å²) in [6.45, 7) is 1.81. The minimum absolute atomic E-state index is 0.0150. The van der Waals surface area contributed by atoms with Crippen LogP contribution in [0.2, 0.25) is 5.15 Å². The zero-order valence-corrected chi connectivity index (χ0v) is 15.0. The molecule has 3 N–H and O–H groups in total. The highest BCUT2D eigenvalue weighted by molar-refractivity contribution is 6.29. The number of rotatable bonds is 5. The van der Waals surface area contributed by atoms with Crippen molar-refractivity contribution >= 4 is 29.3 Å². The maximum absolute atomic E-state index is 13.6. The Morgan fingerprint density at radius 3 is 2.73 bits per heavy atom. The van der Waals surface area contributed by atoms with E-state index in [9.17, 15) is 9.18 Å². The van der Waals surface area contributed by atoms with Gasteiger partial charge in [0.05, 0.1) is 0 Å². The third-order valence-corrected chi connectivity index (χ3v) is 4.73. The molecule has 2 heterocycles. The van der Waals surface area contributed by atoms with Crippen LogP contribution in [0.1, 0.15) is 18.4 Å². The Bertz CT molecular complexity index is 760. The number of halogens is 2. The summed E-state index contributed by atoms with van der Waals surface area (Å²) in [5, 5.41) is 3.22. The lowest BCUT2D eigenvalue weighted by Crippen LogP contribution is -2.41. The number of hydrogen-bond acceptors (Lipinski definition) is 5. The van der Waals surface area contributed by atoms with Gasteiger partial charge in [0.25, 0.3) is 0 Å². The molecule has 0 atom stereocenters. The number of nitrogen functional groups attached to an aromatic ring is 1. The Balaban J connectivity index is 1.47. The van der Waals surface area contributed by atoms with E-state index in [0.29, 0.717) is 55.4 Å². The first kappa shape index (κ1) is 18.4. The van der Waals surface area contributed by atoms with Crippen molar-refractivity contribution in [2.75, 3.05) is 30.3 Å². The van der Waals surface area contributed by atoms with Crippen LogP contribution in [0.4, 0.5) is 16.2 Å². The van der Waals surface area contributed by atoms with Crippen LogP contribution >= 0.6 is 11.6 Å². The quantitative estimate of drug-likeness (QED) is 0.782. The smallest absolute Gasteiger partial charge is 0.223 e. The molecule has 1 aromatic heterocycles. The van der Waals surface area contributed by atoms with Crippen molar-refractivity contribution in [2.24, 2.45) is 5.92 Å². The number of aromatic nitrogens is 2. The minimum atomic E-state index is -0.238. The lowest BCUT2D eigenvalue weighted by Gasteiger charge is -2.32. The predicted octanol–water partition coefficient (Wildman–Crippen LogP) is 2.43. The van der Waals surface area contributed by atoms with E-state index in [1.807, 2.05) is 4.90 Å². The standard InChI is InChI=1S/C18H21ClFN5O/c19-15-11-16(24-18(21)23-15)25-9-6-13(7-10-25)17(26)22-8-5-12-3-1-2-4-14(12)20/h1-4,11,13H,5-10H2,(H,22,26)(H2,21,23,24). The first-order chi connectivity index (χ1) is 12.5. The van der Waals surface area contributed by atoms with Crippen LogP contribution < -0.4 is 16.0 Å². The molecular formula is C18H21ClFN5O. The van der Waals surface area contributed by atoms with E-state index < -0.39 is 0 Å². The lowest BCUT2D eigenvalue weighted by molar-refractivity contribution is -0.125. The molecule has 1 saturated heterocycles. The Morgan fingerprint density at radius 2 is 2.04 bits per heavy atom. The zero-order valence-electron chi connectivity index (χ0n) is 14.3. The number of piperidine rings is 1. The van der Waals surface area contributed by atoms with Gasteiger partial charge in [0.1, 0.15) is 16.8 Å². The molecule has 8 heteroatoms. The highest BCUT2D eigenvalue weighted by atomic mass is 35.5. The second kappa shape index (κ2) is 8.31. The van der Waals surface area contributed by atoms with Crippen LogP contribution in [-0.4, -0.2) is 35.5 Å². The predicted molar refractivity (Wildman–Crippen MR) is 99.5 cm³/mol. The van der Waals surface area contributed by atoms with Crippen molar-refractivity contribution in [3.63, 3.8) is 0 Å². The number of nitrogens with one attached hydrogen (secondary N) is 1. The van der Waals surface area contributed by atoms with E-state index >= 15 is 0 Å². The molecule has 1 amide bonds. The van der Waals surface area contributed by atoms with Crippen LogP contribution in [0, 0.1) is 11.7 Å². The average Bonchev–Trinajstić information content (AvgIpc) is 2.62. The Labute approximate surface area is 156 Å². The molecule has 0 saturated carbocycles. The molecule has 1 fully saturated rings. The number of amides is 1. The Hall–Kier alpha value is -2.41. The van der Waals surface area contributed by atoms with Gasteiger partial charge in [0.2, 0.25) is 11.9 Å². The summed E-state index contributed by atoms with van der Waals surface area (Å²) in [6, 6.07) is 8.29. The van der Waals surface area contributed by atoms with E-state index in [1.165, 1.54) is 6.07 Å². The number of hydrogen-bond donors (Lipinski definition) is 2. The van der Waals surface area contributed by atoms with Crippen LogP contribution in [0.5, 0.6) is 0 Å². The van der Waals surface area contributed by atoms with E-state index in [-0.39, 0.29) is 23.6 Å². The highest BCUT2D eigenvalue weighted by Crippen LogP contribution is 2.24. The van der Waals surface area contributed by atoms with Gasteiger partial charge in [-0.3, -0.25) is 4.79 Å². The number of nitrogens with zero attached hydrogens (tertiary/aromatic N) is 3. The number of carbonyl (C=O) groups is 1. The van der Waals surface area contributed by atoms with E-state index in [4.69, 9.17) is 17.3 Å². The van der Waals surface area contributed by atoms with Gasteiger partial charge in [-0.05, 0) is 30.9 Å². The maximum atomic E-state index is 13.6. The van der Waals surface area contributed by atoms with Crippen molar-refractivity contribution in [1.82, 2.24) is 15.3 Å². The lowest BCUT2D eigenvalue weighted by atomic mass is 9.96. The first-order valence-electron chi connectivity index (χ1n) is 8.59. The molecule has 0 unspecified atom stereocenters. The molecule has 0 aliphatic carbocycles. The largest absolute Gasteiger partial charge is 0.368 e. The van der Waals surface area contributed by atoms with Crippen LogP contribution in [0.15, 0.2) is 30.3 Å². The third kappa shape index (κ3) is 4.60. The SMILES string of the molecule is Nc1nc(Cl)cc(N2CCC(C(=O)NCCc3ccccc3F)CC2)n1. The summed E-state index contributed by atoms with van der Waals surface area (Å²) >= 11 is 5.92. The van der Waals surface area contributed by atoms with Gasteiger partial charge in [0, 0.05) is 31.6 Å². The zero-order chi connectivity index (χ0) is 18.5. The molecule has 0 bridgehead atoms. The number of anilines is 2. The van der Waals surface area contributed by atoms with Gasteiger partial charge in [-0.15, -0.1) is 0 Å². The van der Waals surface area contributed by atoms with Crippen molar-refractivity contribution in [2.45, 2.75) is 19.3 Å². The van der Waals surface area contributed by atoms with Gasteiger partial charge in [-0.2, -0.15) is 4.98 Å². The second-order valence-corrected chi connectivity index (χ2v) is 6.69. The van der Waals surface area contributed by atoms with Gasteiger partial charge >= 0.3 is 0 Å². The molecule has 1 aliphatic heterocycles. The summed E-state index contributed by atoms with van der Waals surface area (Å²) in [4.78, 5) is 22.4. The Morgan fingerprint density at radius 1 is 1.31 bits per heavy atom. The third-order valence-electron chi connectivity index (χ3n) is 4.54. The normalized spacial score (nSPS) is 15.1. The molecular weight excluding hydrogens is 357 g/mol. The molecule has 26 heavy (non-hydrogen) atoms. The fourth-order valence-electron chi connectivity index (χ4n) is 3.12. The molecule has 0 spiro atoms. The number of carbonyl (C=O) groups excluding carboxylic acids is 1. The molecule has 2 aromatic rings. The monoisotopic (exact) mass is 377 g/mol.